The highest BCUT2D eigenvalue weighted by Crippen LogP contribution is 2.31. The van der Waals surface area contributed by atoms with Crippen molar-refractivity contribution >= 4 is 41.7 Å². The summed E-state index contributed by atoms with van der Waals surface area (Å²) >= 11 is -0.546. The number of nitrogens with one attached hydrogen (secondary N) is 1. The first-order valence-electron chi connectivity index (χ1n) is 10.5. The Bertz CT molecular complexity index is 1340. The minimum Gasteiger partial charge on any atom is -0.363 e. The first-order chi connectivity index (χ1) is 16.6. The topological polar surface area (TPSA) is 75.9 Å². The zero-order chi connectivity index (χ0) is 25.2. The quantitative estimate of drug-likeness (QED) is 0.424. The van der Waals surface area contributed by atoms with Crippen molar-refractivity contribution < 1.29 is 18.0 Å². The van der Waals surface area contributed by atoms with E-state index in [1.54, 1.807) is 13.1 Å². The summed E-state index contributed by atoms with van der Waals surface area (Å²) in [5, 5.41) is 7.21. The van der Waals surface area contributed by atoms with Gasteiger partial charge >= 0.3 is 6.18 Å². The van der Waals surface area contributed by atoms with Crippen LogP contribution in [0, 0.1) is 6.92 Å². The van der Waals surface area contributed by atoms with Gasteiger partial charge in [0.15, 0.2) is 0 Å². The third-order valence-corrected chi connectivity index (χ3v) is 7.39. The third kappa shape index (κ3) is 6.02. The van der Waals surface area contributed by atoms with Gasteiger partial charge in [0.1, 0.15) is 18.1 Å². The largest absolute Gasteiger partial charge is 0.433 e. The number of aromatic nitrogens is 4. The minimum atomic E-state index is -4.53. The lowest BCUT2D eigenvalue weighted by atomic mass is 10.1. The Hall–Kier alpha value is -3.35. The predicted molar refractivity (Wildman–Crippen MR) is 138 cm³/mol. The molecular weight excluding hydrogens is 572 g/mol. The van der Waals surface area contributed by atoms with Crippen LogP contribution in [0.5, 0.6) is 0 Å². The molecule has 1 amide bonds. The van der Waals surface area contributed by atoms with Gasteiger partial charge in [-0.25, -0.2) is 4.98 Å². The monoisotopic (exact) mass is 594 g/mol. The lowest BCUT2D eigenvalue weighted by Crippen LogP contribution is -2.31. The maximum atomic E-state index is 13.0. The van der Waals surface area contributed by atoms with Gasteiger partial charge < -0.3 is 10.2 Å². The van der Waals surface area contributed by atoms with Crippen molar-refractivity contribution in [1.29, 1.82) is 0 Å². The average Bonchev–Trinajstić information content (AvgIpc) is 3.18. The third-order valence-electron chi connectivity index (χ3n) is 5.11. The van der Waals surface area contributed by atoms with Crippen molar-refractivity contribution in [3.05, 3.63) is 76.0 Å². The number of hydrogen-bond donors (Lipinski definition) is 1. The molecule has 1 aliphatic heterocycles. The van der Waals surface area contributed by atoms with Crippen LogP contribution in [0.15, 0.2) is 59.1 Å². The van der Waals surface area contributed by atoms with Gasteiger partial charge in [-0.15, -0.1) is 0 Å². The Labute approximate surface area is 210 Å². The molecule has 0 aromatic carbocycles. The van der Waals surface area contributed by atoms with Crippen LogP contribution in [-0.2, 0) is 17.5 Å². The SMILES string of the molecule is Cc1nn(CC(=O)NC2=IC=C(c3ccc(N(C)C)nc3)C=C2)cc1-c1ccnc(C(F)(F)F)c1. The van der Waals surface area contributed by atoms with Gasteiger partial charge in [0.25, 0.3) is 0 Å². The van der Waals surface area contributed by atoms with Crippen LogP contribution in [0.3, 0.4) is 0 Å². The summed E-state index contributed by atoms with van der Waals surface area (Å²) in [5.41, 5.74) is 2.50. The van der Waals surface area contributed by atoms with Gasteiger partial charge in [0.05, 0.1) is 9.33 Å². The second-order valence-corrected chi connectivity index (χ2v) is 10.4. The van der Waals surface area contributed by atoms with Crippen molar-refractivity contribution in [2.24, 2.45) is 0 Å². The number of carbonyl (C=O) groups excluding carboxylic acids is 1. The Morgan fingerprint density at radius 1 is 1.14 bits per heavy atom. The van der Waals surface area contributed by atoms with Crippen molar-refractivity contribution in [3.8, 4) is 11.1 Å². The maximum Gasteiger partial charge on any atom is 0.433 e. The molecule has 1 N–H and O–H groups in total. The summed E-state index contributed by atoms with van der Waals surface area (Å²) in [6, 6.07) is 6.45. The van der Waals surface area contributed by atoms with E-state index >= 15 is 0 Å². The Morgan fingerprint density at radius 3 is 2.57 bits per heavy atom. The molecule has 3 aromatic heterocycles. The Morgan fingerprint density at radius 2 is 1.94 bits per heavy atom. The fraction of sp³-hybridized carbons (Fsp3) is 0.208. The van der Waals surface area contributed by atoms with E-state index in [1.807, 2.05) is 49.5 Å². The number of allylic oxidation sites excluding steroid dienone is 2. The molecule has 4 rings (SSSR count). The lowest BCUT2D eigenvalue weighted by Gasteiger charge is -2.13. The van der Waals surface area contributed by atoms with Crippen molar-refractivity contribution in [1.82, 2.24) is 25.1 Å². The smallest absolute Gasteiger partial charge is 0.363 e. The number of pyridine rings is 2. The van der Waals surface area contributed by atoms with E-state index < -0.39 is 32.6 Å². The van der Waals surface area contributed by atoms with E-state index in [-0.39, 0.29) is 12.5 Å². The van der Waals surface area contributed by atoms with Gasteiger partial charge in [-0.3, -0.25) is 14.5 Å². The zero-order valence-electron chi connectivity index (χ0n) is 19.1. The van der Waals surface area contributed by atoms with Crippen LogP contribution in [0.25, 0.3) is 16.7 Å². The van der Waals surface area contributed by atoms with Crippen LogP contribution >= 0.6 is 20.7 Å². The van der Waals surface area contributed by atoms with Crippen molar-refractivity contribution in [3.63, 3.8) is 0 Å². The summed E-state index contributed by atoms with van der Waals surface area (Å²) in [6.07, 6.45) is 3.83. The summed E-state index contributed by atoms with van der Waals surface area (Å²) in [7, 11) is 3.87. The molecule has 0 spiro atoms. The second-order valence-electron chi connectivity index (χ2n) is 7.96. The van der Waals surface area contributed by atoms with Crippen LogP contribution in [0.2, 0.25) is 0 Å². The molecule has 3 aromatic rings. The number of amides is 1. The van der Waals surface area contributed by atoms with Crippen molar-refractivity contribution in [2.45, 2.75) is 19.6 Å². The standard InChI is InChI=1S/C24H22F3IN6O/c1-15-19(16-8-9-29-20(10-16)24(25,26)27)13-34(32-15)14-23(35)31-21-6-4-17(11-28-21)18-5-7-22(30-12-18)33(2)3/h4-13H,14H2,1-3H3,(H,31,35). The van der Waals surface area contributed by atoms with Crippen LogP contribution in [-0.4, -0.2) is 43.4 Å². The first kappa shape index (κ1) is 24.8. The molecule has 0 saturated heterocycles. The molecule has 0 radical (unpaired) electrons. The maximum absolute atomic E-state index is 13.0. The molecule has 11 heteroatoms. The molecule has 0 saturated carbocycles. The summed E-state index contributed by atoms with van der Waals surface area (Å²) in [5.74, 6) is 0.628. The van der Waals surface area contributed by atoms with E-state index in [9.17, 15) is 18.0 Å². The molecule has 0 fully saturated rings. The molecule has 35 heavy (non-hydrogen) atoms. The Balaban J connectivity index is 1.41. The van der Waals surface area contributed by atoms with Gasteiger partial charge in [0.2, 0.25) is 5.91 Å². The highest BCUT2D eigenvalue weighted by Gasteiger charge is 2.32. The lowest BCUT2D eigenvalue weighted by molar-refractivity contribution is -0.141. The molecule has 0 bridgehead atoms. The predicted octanol–water partition coefficient (Wildman–Crippen LogP) is 4.56. The van der Waals surface area contributed by atoms with E-state index in [2.05, 4.69) is 24.5 Å². The highest BCUT2D eigenvalue weighted by molar-refractivity contribution is 14.2. The van der Waals surface area contributed by atoms with Crippen LogP contribution < -0.4 is 10.2 Å². The fourth-order valence-electron chi connectivity index (χ4n) is 3.36. The molecule has 0 atom stereocenters. The molecule has 4 heterocycles. The summed E-state index contributed by atoms with van der Waals surface area (Å²) in [6.45, 7) is 1.64. The summed E-state index contributed by atoms with van der Waals surface area (Å²) in [4.78, 5) is 22.3. The molecule has 7 nitrogen and oxygen atoms in total. The van der Waals surface area contributed by atoms with Gasteiger partial charge in [-0.1, -0.05) is 26.8 Å². The number of rotatable bonds is 6. The van der Waals surface area contributed by atoms with E-state index in [4.69, 9.17) is 0 Å². The Kier molecular flexibility index (Phi) is 7.15. The number of nitrogens with zero attached hydrogens (tertiary/aromatic N) is 5. The molecule has 1 aliphatic rings. The van der Waals surface area contributed by atoms with Gasteiger partial charge in [-0.05, 0) is 52.5 Å². The normalized spacial score (nSPS) is 13.5. The van der Waals surface area contributed by atoms with E-state index in [0.717, 1.165) is 32.9 Å². The number of anilines is 1. The highest BCUT2D eigenvalue weighted by atomic mass is 127. The van der Waals surface area contributed by atoms with E-state index in [1.165, 1.54) is 10.7 Å². The van der Waals surface area contributed by atoms with Gasteiger partial charge in [0, 0.05) is 43.8 Å². The number of alkyl halides is 3. The summed E-state index contributed by atoms with van der Waals surface area (Å²) < 4.78 is 43.4. The fourth-order valence-corrected chi connectivity index (χ4v) is 5.44. The van der Waals surface area contributed by atoms with Crippen LogP contribution in [0.4, 0.5) is 19.0 Å². The van der Waals surface area contributed by atoms with Crippen LogP contribution in [0.1, 0.15) is 17.0 Å². The number of halogens is 4. The molecular formula is C24H22F3IN6O. The van der Waals surface area contributed by atoms with E-state index in [0.29, 0.717) is 16.8 Å². The number of hydrogen-bond acceptors (Lipinski definition) is 5. The number of aryl methyl sites for hydroxylation is 1. The van der Waals surface area contributed by atoms with Gasteiger partial charge in [-0.2, -0.15) is 18.3 Å². The minimum absolute atomic E-state index is 0.0500. The molecule has 0 aliphatic carbocycles. The second kappa shape index (κ2) is 10.1. The number of carbonyl (C=O) groups is 1. The molecule has 0 unspecified atom stereocenters. The first-order valence-corrected chi connectivity index (χ1v) is 12.8. The van der Waals surface area contributed by atoms with Crippen molar-refractivity contribution in [2.75, 3.05) is 19.0 Å². The average molecular weight is 594 g/mol. The molecule has 182 valence electrons. The zero-order valence-corrected chi connectivity index (χ0v) is 21.3.